The Kier molecular flexibility index (Phi) is 28.2. The monoisotopic (exact) mass is 1290 g/mol. The van der Waals surface area contributed by atoms with E-state index < -0.39 is 109 Å². The van der Waals surface area contributed by atoms with Crippen molar-refractivity contribution in [3.05, 3.63) is 88.0 Å². The highest BCUT2D eigenvalue weighted by Gasteiger charge is 2.54. The molecule has 3 fully saturated rings. The number of methoxy groups -OCH3 is 1. The molecule has 1 amide bonds. The van der Waals surface area contributed by atoms with E-state index in [1.165, 1.54) is 102 Å². The van der Waals surface area contributed by atoms with E-state index in [1.54, 1.807) is 46.4 Å². The molecular formula is C75H122N2O13P+. The first-order valence-corrected chi connectivity index (χ1v) is 36.6. The highest BCUT2D eigenvalue weighted by molar-refractivity contribution is 7.95. The van der Waals surface area contributed by atoms with E-state index in [9.17, 15) is 35.1 Å². The van der Waals surface area contributed by atoms with E-state index in [1.807, 2.05) is 39.8 Å². The van der Waals surface area contributed by atoms with Crippen molar-refractivity contribution in [2.75, 3.05) is 33.9 Å². The smallest absolute Gasteiger partial charge is 0.311 e. The lowest BCUT2D eigenvalue weighted by molar-refractivity contribution is -0.318. The Bertz CT molecular complexity index is 2610. The lowest BCUT2D eigenvalue weighted by Crippen LogP contribution is -2.60. The van der Waals surface area contributed by atoms with Gasteiger partial charge in [0.15, 0.2) is 12.6 Å². The van der Waals surface area contributed by atoms with Crippen LogP contribution < -0.4 is 15.9 Å². The fourth-order valence-corrected chi connectivity index (χ4v) is 20.5. The maximum absolute atomic E-state index is 14.7. The Morgan fingerprint density at radius 1 is 0.670 bits per heavy atom. The molecule has 514 valence electrons. The van der Waals surface area contributed by atoms with Crippen molar-refractivity contribution >= 4 is 35.1 Å². The maximum atomic E-state index is 14.7. The first-order valence-electron chi connectivity index (χ1n) is 34.7. The van der Waals surface area contributed by atoms with E-state index >= 15 is 0 Å². The van der Waals surface area contributed by atoms with Gasteiger partial charge in [0.2, 0.25) is 5.91 Å². The van der Waals surface area contributed by atoms with Gasteiger partial charge in [-0.15, -0.1) is 0 Å². The van der Waals surface area contributed by atoms with Gasteiger partial charge in [0.1, 0.15) is 53.2 Å². The fourth-order valence-electron chi connectivity index (χ4n) is 15.5. The van der Waals surface area contributed by atoms with E-state index in [2.05, 4.69) is 96.1 Å². The summed E-state index contributed by atoms with van der Waals surface area (Å²) in [4.78, 5) is 33.0. The quantitative estimate of drug-likeness (QED) is 0.0323. The van der Waals surface area contributed by atoms with Crippen LogP contribution in [0.15, 0.2) is 54.6 Å². The molecule has 3 aromatic carbocycles. The molecule has 3 aliphatic rings. The Morgan fingerprint density at radius 3 is 1.60 bits per heavy atom. The summed E-state index contributed by atoms with van der Waals surface area (Å²) in [5, 5.41) is 65.2. The molecule has 0 saturated carbocycles. The van der Waals surface area contributed by atoms with Crippen LogP contribution in [-0.2, 0) is 38.0 Å². The molecule has 3 heterocycles. The summed E-state index contributed by atoms with van der Waals surface area (Å²) in [5.74, 6) is -3.26. The van der Waals surface area contributed by atoms with Crippen LogP contribution in [-0.4, -0.2) is 171 Å². The van der Waals surface area contributed by atoms with Crippen LogP contribution >= 0.6 is 7.26 Å². The van der Waals surface area contributed by atoms with Crippen molar-refractivity contribution in [2.24, 2.45) is 17.8 Å². The summed E-state index contributed by atoms with van der Waals surface area (Å²) in [5.41, 5.74) is 3.12. The van der Waals surface area contributed by atoms with Gasteiger partial charge < -0.3 is 63.8 Å². The predicted octanol–water partition coefficient (Wildman–Crippen LogP) is 11.3. The van der Waals surface area contributed by atoms with Crippen LogP contribution in [0, 0.1) is 59.3 Å². The van der Waals surface area contributed by atoms with E-state index in [0.717, 1.165) is 31.8 Å². The number of benzene rings is 3. The highest BCUT2D eigenvalue weighted by Crippen LogP contribution is 2.57. The molecule has 0 aromatic heterocycles. The molecule has 0 spiro atoms. The number of aryl methyl sites for hydroxylation is 6. The molecule has 0 bridgehead atoms. The van der Waals surface area contributed by atoms with Gasteiger partial charge in [0.25, 0.3) is 0 Å². The van der Waals surface area contributed by atoms with Crippen LogP contribution in [0.25, 0.3) is 0 Å². The van der Waals surface area contributed by atoms with Gasteiger partial charge in [-0.3, -0.25) is 9.59 Å². The summed E-state index contributed by atoms with van der Waals surface area (Å²) in [7, 11) is 3.30. The molecule has 6 rings (SSSR count). The molecule has 15 nitrogen and oxygen atoms in total. The number of hydrogen-bond acceptors (Lipinski definition) is 14. The molecule has 0 radical (unpaired) electrons. The van der Waals surface area contributed by atoms with Gasteiger partial charge in [0, 0.05) is 38.5 Å². The third-order valence-corrected chi connectivity index (χ3v) is 25.0. The van der Waals surface area contributed by atoms with Crippen molar-refractivity contribution in [1.82, 2.24) is 9.80 Å². The lowest BCUT2D eigenvalue weighted by atomic mass is 9.77. The van der Waals surface area contributed by atoms with Crippen LogP contribution in [0.4, 0.5) is 0 Å². The zero-order chi connectivity index (χ0) is 67.5. The van der Waals surface area contributed by atoms with Crippen LogP contribution in [0.5, 0.6) is 0 Å². The first kappa shape index (κ1) is 76.6. The number of unbranched alkanes of at least 4 members (excludes halogenated alkanes) is 10. The van der Waals surface area contributed by atoms with Gasteiger partial charge in [0.05, 0.1) is 53.7 Å². The number of ether oxygens (including phenoxy) is 6. The zero-order valence-electron chi connectivity index (χ0n) is 59.4. The average Bonchev–Trinajstić information content (AvgIpc) is 0.951. The fraction of sp³-hybridized carbons (Fsp3) is 0.733. The second-order valence-electron chi connectivity index (χ2n) is 29.5. The Labute approximate surface area is 549 Å². The van der Waals surface area contributed by atoms with Gasteiger partial charge >= 0.3 is 5.97 Å². The number of rotatable bonds is 24. The second-order valence-corrected chi connectivity index (χ2v) is 33.1. The minimum Gasteiger partial charge on any atom is -0.459 e. The normalized spacial score (nSPS) is 33.4. The van der Waals surface area contributed by atoms with Crippen molar-refractivity contribution in [2.45, 2.75) is 304 Å². The van der Waals surface area contributed by atoms with Crippen molar-refractivity contribution < 1.29 is 63.5 Å². The lowest BCUT2D eigenvalue weighted by Gasteiger charge is -2.48. The van der Waals surface area contributed by atoms with Gasteiger partial charge in [-0.1, -0.05) is 90.3 Å². The molecule has 3 aliphatic heterocycles. The number of carbonyl (C=O) groups is 2. The third-order valence-electron chi connectivity index (χ3n) is 20.6. The maximum Gasteiger partial charge on any atom is 0.311 e. The first-order chi connectivity index (χ1) is 42.7. The predicted molar refractivity (Wildman–Crippen MR) is 367 cm³/mol. The van der Waals surface area contributed by atoms with Gasteiger partial charge in [-0.2, -0.15) is 0 Å². The number of likely N-dealkylation sites (N-methyl/N-ethyl adjacent to an activating group) is 1. The summed E-state index contributed by atoms with van der Waals surface area (Å²) in [6, 6.07) is 20.5. The van der Waals surface area contributed by atoms with Crippen molar-refractivity contribution in [1.29, 1.82) is 0 Å². The molecular weight excluding hydrogens is 1170 g/mol. The minimum absolute atomic E-state index is 0.0751. The standard InChI is InChI=1S/C75H122N2O13P/c1-20-63-75(16,84)68(80)57(12)77(46-53(8)44-73(14,83)70(90-72-66(79)62(76(17)18)43-54(9)86-72)55(10)67(56(11)71(82)88-63)89-65-45-74(15,85-19)69(81)58(13)87-65)64(78)32-30-28-26-24-22-21-23-25-27-29-31-33-91(59-37-47(2)34-48(3)38-59,60-39-49(4)35-50(5)40-60)61-41-51(6)36-52(7)42-61/h34-42,53-58,62-63,65-70,72,79-81,83-84H,20-33,43-46H2,1-19H3/q+1/t53-,54-,55+,56-,57-,58+,62+,63-,65+,66-,67+,68-,69+,70-,72+,73-,74-,75-/m1/s1. The summed E-state index contributed by atoms with van der Waals surface area (Å²) >= 11 is 0. The summed E-state index contributed by atoms with van der Waals surface area (Å²) < 4.78 is 38.4. The van der Waals surface area contributed by atoms with Crippen molar-refractivity contribution in [3.8, 4) is 0 Å². The Morgan fingerprint density at radius 2 is 1.14 bits per heavy atom. The van der Waals surface area contributed by atoms with Crippen LogP contribution in [0.1, 0.15) is 205 Å². The number of aliphatic hydroxyl groups excluding tert-OH is 3. The second kappa shape index (κ2) is 33.5. The molecule has 91 heavy (non-hydrogen) atoms. The third kappa shape index (κ3) is 19.4. The number of carbonyl (C=O) groups excluding carboxylic acids is 2. The number of esters is 1. The molecule has 0 unspecified atom stereocenters. The van der Waals surface area contributed by atoms with Crippen molar-refractivity contribution in [3.63, 3.8) is 0 Å². The molecule has 18 atom stereocenters. The Hall–Kier alpha value is -3.41. The summed E-state index contributed by atoms with van der Waals surface area (Å²) in [6.45, 7) is 30.9. The molecule has 16 heteroatoms. The van der Waals surface area contributed by atoms with E-state index in [4.69, 9.17) is 28.4 Å². The van der Waals surface area contributed by atoms with E-state index in [-0.39, 0.29) is 50.3 Å². The zero-order valence-corrected chi connectivity index (χ0v) is 60.3. The van der Waals surface area contributed by atoms with Crippen LogP contribution in [0.2, 0.25) is 0 Å². The van der Waals surface area contributed by atoms with Gasteiger partial charge in [-0.25, -0.2) is 0 Å². The van der Waals surface area contributed by atoms with Gasteiger partial charge in [-0.05, 0) is 218 Å². The average molecular weight is 1290 g/mol. The SMILES string of the molecule is CC[C@H]1OC(=O)[C@H](C)[C@@H](O[C@H]2C[C@@](C)(OC)[C@@H](O)[C@H](C)O2)[C@H](C)[C@@H](O[C@@H]2O[C@H](C)C[C@H](N(C)C)[C@H]2O)[C@](C)(O)C[C@@H](C)CN(C(=O)CCCCCCCCCCCCC[P+](c2cc(C)cc(C)c2)(c2cc(C)cc(C)c2)c2cc(C)cc(C)c2)[C@H](C)[C@@H](O)[C@]1(C)O. The number of cyclic esters (lactones) is 1. The number of nitrogens with zero attached hydrogens (tertiary/aromatic N) is 2. The number of amides is 1. The Balaban J connectivity index is 1.11. The number of hydrogen-bond donors (Lipinski definition) is 5. The number of aliphatic hydroxyl groups is 5. The molecule has 3 saturated heterocycles. The highest BCUT2D eigenvalue weighted by atomic mass is 31.2. The largest absolute Gasteiger partial charge is 0.459 e. The molecule has 3 aromatic rings. The minimum atomic E-state index is -2.01. The molecule has 5 N–H and O–H groups in total. The van der Waals surface area contributed by atoms with E-state index in [0.29, 0.717) is 12.8 Å². The topological polar surface area (TPSA) is 197 Å². The molecule has 0 aliphatic carbocycles. The van der Waals surface area contributed by atoms with Crippen LogP contribution in [0.3, 0.4) is 0 Å². The summed E-state index contributed by atoms with van der Waals surface area (Å²) in [6.07, 6.45) is 3.82.